The summed E-state index contributed by atoms with van der Waals surface area (Å²) < 4.78 is 8.26. The molecule has 3 aromatic rings. The van der Waals surface area contributed by atoms with Crippen molar-refractivity contribution in [2.24, 2.45) is 0 Å². The van der Waals surface area contributed by atoms with E-state index in [1.807, 2.05) is 40.9 Å². The van der Waals surface area contributed by atoms with Crippen LogP contribution < -0.4 is 4.74 Å². The Balaban J connectivity index is 2.40. The van der Waals surface area contributed by atoms with Gasteiger partial charge >= 0.3 is 0 Å². The van der Waals surface area contributed by atoms with Crippen LogP contribution in [0.15, 0.2) is 41.0 Å². The number of hydrogen-bond acceptors (Lipinski definition) is 2. The molecule has 0 atom stereocenters. The number of ether oxygens (including phenoxy) is 1. The zero-order chi connectivity index (χ0) is 11.1. The van der Waals surface area contributed by atoms with E-state index in [0.29, 0.717) is 0 Å². The minimum absolute atomic E-state index is 0.821. The van der Waals surface area contributed by atoms with E-state index in [1.54, 1.807) is 7.11 Å². The largest absolute Gasteiger partial charge is 0.497 e. The van der Waals surface area contributed by atoms with E-state index in [1.165, 1.54) is 0 Å². The van der Waals surface area contributed by atoms with Crippen molar-refractivity contribution in [3.8, 4) is 5.75 Å². The zero-order valence-corrected chi connectivity index (χ0v) is 10.2. The summed E-state index contributed by atoms with van der Waals surface area (Å²) in [7, 11) is 1.66. The highest BCUT2D eigenvalue weighted by Crippen LogP contribution is 2.23. The number of halogens is 1. The summed E-state index contributed by atoms with van der Waals surface area (Å²) in [6.07, 6.45) is 1.97. The molecule has 0 saturated heterocycles. The minimum Gasteiger partial charge on any atom is -0.497 e. The Labute approximate surface area is 101 Å². The molecule has 0 aliphatic carbocycles. The van der Waals surface area contributed by atoms with Gasteiger partial charge in [0.15, 0.2) is 0 Å². The summed E-state index contributed by atoms with van der Waals surface area (Å²) >= 11 is 3.44. The number of aromatic nitrogens is 2. The molecule has 0 aliphatic rings. The van der Waals surface area contributed by atoms with E-state index in [9.17, 15) is 0 Å². The Morgan fingerprint density at radius 3 is 2.94 bits per heavy atom. The third-order valence-corrected chi connectivity index (χ3v) is 3.07. The van der Waals surface area contributed by atoms with Gasteiger partial charge in [-0.25, -0.2) is 4.98 Å². The fraction of sp³-hybridized carbons (Fsp3) is 0.0833. The lowest BCUT2D eigenvalue weighted by Gasteiger charge is -1.99. The van der Waals surface area contributed by atoms with Gasteiger partial charge in [0.25, 0.3) is 0 Å². The quantitative estimate of drug-likeness (QED) is 0.682. The average Bonchev–Trinajstić information content (AvgIpc) is 2.64. The van der Waals surface area contributed by atoms with Crippen molar-refractivity contribution >= 4 is 32.6 Å². The maximum Gasteiger partial charge on any atom is 0.141 e. The van der Waals surface area contributed by atoms with E-state index in [-0.39, 0.29) is 0 Å². The van der Waals surface area contributed by atoms with Gasteiger partial charge in [0.2, 0.25) is 0 Å². The summed E-state index contributed by atoms with van der Waals surface area (Å²) in [5.41, 5.74) is 2.97. The van der Waals surface area contributed by atoms with Crippen molar-refractivity contribution in [1.82, 2.24) is 9.38 Å². The van der Waals surface area contributed by atoms with Crippen LogP contribution >= 0.6 is 15.9 Å². The number of imidazole rings is 1. The lowest BCUT2D eigenvalue weighted by molar-refractivity contribution is 0.414. The summed E-state index contributed by atoms with van der Waals surface area (Å²) in [4.78, 5) is 4.54. The smallest absolute Gasteiger partial charge is 0.141 e. The van der Waals surface area contributed by atoms with Crippen LogP contribution in [0.5, 0.6) is 5.75 Å². The highest BCUT2D eigenvalue weighted by molar-refractivity contribution is 9.10. The molecule has 4 heteroatoms. The van der Waals surface area contributed by atoms with Crippen molar-refractivity contribution in [1.29, 1.82) is 0 Å². The molecule has 0 radical (unpaired) electrons. The lowest BCUT2D eigenvalue weighted by Crippen LogP contribution is -1.87. The van der Waals surface area contributed by atoms with E-state index in [0.717, 1.165) is 26.9 Å². The van der Waals surface area contributed by atoms with Crippen molar-refractivity contribution in [3.63, 3.8) is 0 Å². The van der Waals surface area contributed by atoms with E-state index < -0.39 is 0 Å². The van der Waals surface area contributed by atoms with Crippen molar-refractivity contribution in [2.75, 3.05) is 7.11 Å². The molecule has 3 rings (SSSR count). The highest BCUT2D eigenvalue weighted by atomic mass is 79.9. The molecular weight excluding hydrogens is 268 g/mol. The van der Waals surface area contributed by atoms with Crippen molar-refractivity contribution in [2.45, 2.75) is 0 Å². The molecule has 0 bridgehead atoms. The first-order chi connectivity index (χ1) is 7.78. The molecule has 2 heterocycles. The van der Waals surface area contributed by atoms with Crippen LogP contribution in [-0.2, 0) is 0 Å². The second-order valence-corrected chi connectivity index (χ2v) is 4.46. The summed E-state index contributed by atoms with van der Waals surface area (Å²) in [6.45, 7) is 0. The molecule has 16 heavy (non-hydrogen) atoms. The lowest BCUT2D eigenvalue weighted by atomic mass is 10.3. The molecular formula is C12H9BrN2O. The molecule has 2 aromatic heterocycles. The first-order valence-corrected chi connectivity index (χ1v) is 5.68. The fourth-order valence-corrected chi connectivity index (χ4v) is 2.15. The third kappa shape index (κ3) is 1.38. The van der Waals surface area contributed by atoms with Crippen LogP contribution in [-0.4, -0.2) is 16.5 Å². The predicted molar refractivity (Wildman–Crippen MR) is 67.0 cm³/mol. The molecule has 1 aromatic carbocycles. The Morgan fingerprint density at radius 2 is 2.12 bits per heavy atom. The van der Waals surface area contributed by atoms with Crippen LogP contribution in [0.25, 0.3) is 16.7 Å². The first-order valence-electron chi connectivity index (χ1n) is 4.89. The summed E-state index contributed by atoms with van der Waals surface area (Å²) in [5, 5.41) is 0. The van der Waals surface area contributed by atoms with Gasteiger partial charge in [-0.1, -0.05) is 15.9 Å². The highest BCUT2D eigenvalue weighted by Gasteiger charge is 2.05. The maximum atomic E-state index is 5.18. The van der Waals surface area contributed by atoms with Crippen LogP contribution in [0.3, 0.4) is 0 Å². The molecule has 0 aliphatic heterocycles. The molecule has 0 fully saturated rings. The Bertz CT molecular complexity index is 675. The molecule has 3 nitrogen and oxygen atoms in total. The van der Waals surface area contributed by atoms with Gasteiger partial charge in [0.05, 0.1) is 18.1 Å². The van der Waals surface area contributed by atoms with E-state index in [2.05, 4.69) is 20.9 Å². The second kappa shape index (κ2) is 3.49. The zero-order valence-electron chi connectivity index (χ0n) is 8.64. The molecule has 80 valence electrons. The van der Waals surface area contributed by atoms with Gasteiger partial charge in [-0.2, -0.15) is 0 Å². The second-order valence-electron chi connectivity index (χ2n) is 3.54. The number of hydrogen-bond donors (Lipinski definition) is 0. The normalized spacial score (nSPS) is 11.1. The predicted octanol–water partition coefficient (Wildman–Crippen LogP) is 3.26. The number of benzene rings is 1. The van der Waals surface area contributed by atoms with Crippen molar-refractivity contribution < 1.29 is 4.74 Å². The number of methoxy groups -OCH3 is 1. The average molecular weight is 277 g/mol. The summed E-state index contributed by atoms with van der Waals surface area (Å²) in [6, 6.07) is 9.92. The standard InChI is InChI=1S/C12H9BrN2O/c1-16-9-4-5-15-11-3-2-8(13)6-10(11)14-12(15)7-9/h2-7H,1H3. The Kier molecular flexibility index (Phi) is 2.11. The maximum absolute atomic E-state index is 5.18. The fourth-order valence-electron chi connectivity index (χ4n) is 1.80. The monoisotopic (exact) mass is 276 g/mol. The van der Waals surface area contributed by atoms with Gasteiger partial charge in [0.1, 0.15) is 11.4 Å². The van der Waals surface area contributed by atoms with Crippen LogP contribution in [0.1, 0.15) is 0 Å². The summed E-state index contributed by atoms with van der Waals surface area (Å²) in [5.74, 6) is 0.821. The molecule has 0 saturated carbocycles. The number of rotatable bonds is 1. The number of nitrogens with zero attached hydrogens (tertiary/aromatic N) is 2. The van der Waals surface area contributed by atoms with E-state index in [4.69, 9.17) is 4.74 Å². The molecule has 0 amide bonds. The van der Waals surface area contributed by atoms with Crippen LogP contribution in [0, 0.1) is 0 Å². The van der Waals surface area contributed by atoms with Crippen LogP contribution in [0.2, 0.25) is 0 Å². The SMILES string of the molecule is COc1ccn2c(c1)nc1cc(Br)ccc12. The van der Waals surface area contributed by atoms with Crippen molar-refractivity contribution in [3.05, 3.63) is 41.0 Å². The minimum atomic E-state index is 0.821. The Hall–Kier alpha value is -1.55. The molecule has 0 spiro atoms. The molecule has 0 unspecified atom stereocenters. The number of pyridine rings is 1. The van der Waals surface area contributed by atoms with E-state index >= 15 is 0 Å². The van der Waals surface area contributed by atoms with Gasteiger partial charge in [-0.15, -0.1) is 0 Å². The first kappa shape index (κ1) is 9.66. The van der Waals surface area contributed by atoms with Gasteiger partial charge < -0.3 is 4.74 Å². The Morgan fingerprint density at radius 1 is 1.25 bits per heavy atom. The van der Waals surface area contributed by atoms with Gasteiger partial charge in [-0.05, 0) is 24.3 Å². The van der Waals surface area contributed by atoms with Crippen LogP contribution in [0.4, 0.5) is 0 Å². The molecule has 0 N–H and O–H groups in total. The third-order valence-electron chi connectivity index (χ3n) is 2.57. The van der Waals surface area contributed by atoms with Gasteiger partial charge in [0, 0.05) is 16.7 Å². The number of fused-ring (bicyclic) bond motifs is 3. The van der Waals surface area contributed by atoms with Gasteiger partial charge in [-0.3, -0.25) is 4.40 Å². The topological polar surface area (TPSA) is 26.5 Å².